The molecular formula is C18H37NO2. The first-order valence-corrected chi connectivity index (χ1v) is 9.05. The Bertz CT molecular complexity index is 266. The van der Waals surface area contributed by atoms with Crippen molar-refractivity contribution in [3.63, 3.8) is 0 Å². The lowest BCUT2D eigenvalue weighted by Crippen LogP contribution is -2.34. The first-order chi connectivity index (χ1) is 10.2. The van der Waals surface area contributed by atoms with E-state index in [2.05, 4.69) is 32.9 Å². The second-order valence-electron chi connectivity index (χ2n) is 6.23. The number of aliphatic hydroxyl groups is 1. The number of nitrogens with zero attached hydrogens (tertiary/aromatic N) is 1. The highest BCUT2D eigenvalue weighted by Gasteiger charge is 2.28. The van der Waals surface area contributed by atoms with Gasteiger partial charge < -0.3 is 10.3 Å². The van der Waals surface area contributed by atoms with Crippen LogP contribution in [-0.2, 0) is 0 Å². The van der Waals surface area contributed by atoms with E-state index in [1.54, 1.807) is 0 Å². The topological polar surface area (TPSA) is 52.8 Å². The largest absolute Gasteiger partial charge is 0.411 e. The fraction of sp³-hybridized carbons (Fsp3) is 0.944. The molecule has 0 saturated carbocycles. The molecule has 0 aliphatic rings. The van der Waals surface area contributed by atoms with Gasteiger partial charge in [-0.1, -0.05) is 77.8 Å². The summed E-state index contributed by atoms with van der Waals surface area (Å²) in [7, 11) is 0. The van der Waals surface area contributed by atoms with Crippen LogP contribution in [0.3, 0.4) is 0 Å². The molecule has 2 N–H and O–H groups in total. The Morgan fingerprint density at radius 2 is 1.43 bits per heavy atom. The second-order valence-corrected chi connectivity index (χ2v) is 6.23. The maximum atomic E-state index is 10.6. The van der Waals surface area contributed by atoms with Gasteiger partial charge in [0.15, 0.2) is 0 Å². The summed E-state index contributed by atoms with van der Waals surface area (Å²) in [6.07, 6.45) is 10.4. The summed E-state index contributed by atoms with van der Waals surface area (Å²) in [5, 5.41) is 23.5. The zero-order valence-corrected chi connectivity index (χ0v) is 14.6. The van der Waals surface area contributed by atoms with Crippen molar-refractivity contribution in [3.8, 4) is 0 Å². The molecule has 0 heterocycles. The van der Waals surface area contributed by atoms with Crippen LogP contribution in [0, 0.1) is 11.8 Å². The normalized spacial score (nSPS) is 16.7. The average molecular weight is 299 g/mol. The van der Waals surface area contributed by atoms with Gasteiger partial charge in [-0.25, -0.2) is 0 Å². The van der Waals surface area contributed by atoms with Crippen LogP contribution >= 0.6 is 0 Å². The van der Waals surface area contributed by atoms with Gasteiger partial charge >= 0.3 is 0 Å². The van der Waals surface area contributed by atoms with Crippen molar-refractivity contribution in [1.82, 2.24) is 0 Å². The molecule has 0 aromatic carbocycles. The zero-order valence-electron chi connectivity index (χ0n) is 14.6. The van der Waals surface area contributed by atoms with Gasteiger partial charge in [-0.15, -0.1) is 0 Å². The fourth-order valence-corrected chi connectivity index (χ4v) is 3.07. The van der Waals surface area contributed by atoms with Crippen molar-refractivity contribution in [3.05, 3.63) is 0 Å². The molecular weight excluding hydrogens is 262 g/mol. The number of hydrogen-bond acceptors (Lipinski definition) is 3. The second kappa shape index (κ2) is 13.1. The average Bonchev–Trinajstić information content (AvgIpc) is 2.50. The van der Waals surface area contributed by atoms with E-state index in [1.807, 2.05) is 0 Å². The third-order valence-corrected chi connectivity index (χ3v) is 4.64. The van der Waals surface area contributed by atoms with Gasteiger partial charge in [-0.2, -0.15) is 0 Å². The number of oxime groups is 1. The number of hydrogen-bond donors (Lipinski definition) is 2. The smallest absolute Gasteiger partial charge is 0.0984 e. The first-order valence-electron chi connectivity index (χ1n) is 9.05. The van der Waals surface area contributed by atoms with E-state index in [0.29, 0.717) is 5.71 Å². The molecule has 0 fully saturated rings. The molecule has 3 heteroatoms. The lowest BCUT2D eigenvalue weighted by molar-refractivity contribution is 0.146. The van der Waals surface area contributed by atoms with Gasteiger partial charge in [0.1, 0.15) is 0 Å². The van der Waals surface area contributed by atoms with Crippen molar-refractivity contribution in [2.24, 2.45) is 17.0 Å². The number of unbranched alkanes of at least 4 members (excludes halogenated alkanes) is 4. The Hall–Kier alpha value is -0.570. The highest BCUT2D eigenvalue weighted by molar-refractivity contribution is 5.90. The van der Waals surface area contributed by atoms with E-state index in [4.69, 9.17) is 0 Å². The quantitative estimate of drug-likeness (QED) is 0.207. The van der Waals surface area contributed by atoms with Crippen LogP contribution in [0.25, 0.3) is 0 Å². The van der Waals surface area contributed by atoms with Gasteiger partial charge in [0.2, 0.25) is 0 Å². The summed E-state index contributed by atoms with van der Waals surface area (Å²) in [6, 6.07) is 0. The van der Waals surface area contributed by atoms with Crippen LogP contribution in [0.5, 0.6) is 0 Å². The van der Waals surface area contributed by atoms with E-state index in [-0.39, 0.29) is 11.8 Å². The lowest BCUT2D eigenvalue weighted by atomic mass is 9.83. The minimum atomic E-state index is -0.580. The summed E-state index contributed by atoms with van der Waals surface area (Å²) < 4.78 is 0. The van der Waals surface area contributed by atoms with Gasteiger partial charge in [0, 0.05) is 5.92 Å². The fourth-order valence-electron chi connectivity index (χ4n) is 3.07. The predicted molar refractivity (Wildman–Crippen MR) is 91.1 cm³/mol. The molecule has 0 aliphatic carbocycles. The van der Waals surface area contributed by atoms with E-state index in [0.717, 1.165) is 38.5 Å². The van der Waals surface area contributed by atoms with E-state index >= 15 is 0 Å². The molecule has 0 bridgehead atoms. The molecule has 0 amide bonds. The first kappa shape index (κ1) is 20.4. The molecule has 0 aromatic heterocycles. The van der Waals surface area contributed by atoms with E-state index < -0.39 is 6.10 Å². The third kappa shape index (κ3) is 7.85. The van der Waals surface area contributed by atoms with Crippen molar-refractivity contribution in [1.29, 1.82) is 0 Å². The van der Waals surface area contributed by atoms with Crippen molar-refractivity contribution >= 4 is 5.71 Å². The Morgan fingerprint density at radius 3 is 1.86 bits per heavy atom. The molecule has 3 nitrogen and oxygen atoms in total. The predicted octanol–water partition coefficient (Wildman–Crippen LogP) is 5.39. The standard InChI is InChI=1S/C18H37NO2/c1-5-9-11-13-15(7-3)17(19-21)18(20)16(8-4)14-12-10-6-2/h15-16,18,20-21H,5-14H2,1-4H3. The van der Waals surface area contributed by atoms with Gasteiger partial charge in [0.25, 0.3) is 0 Å². The maximum Gasteiger partial charge on any atom is 0.0984 e. The van der Waals surface area contributed by atoms with Gasteiger partial charge in [0.05, 0.1) is 11.8 Å². The van der Waals surface area contributed by atoms with Crippen LogP contribution in [0.4, 0.5) is 0 Å². The minimum Gasteiger partial charge on any atom is -0.411 e. The third-order valence-electron chi connectivity index (χ3n) is 4.64. The molecule has 3 unspecified atom stereocenters. The molecule has 0 radical (unpaired) electrons. The van der Waals surface area contributed by atoms with Crippen LogP contribution in [0.15, 0.2) is 5.16 Å². The molecule has 3 atom stereocenters. The molecule has 126 valence electrons. The molecule has 0 aromatic rings. The Kier molecular flexibility index (Phi) is 12.8. The van der Waals surface area contributed by atoms with Gasteiger partial charge in [-0.05, 0) is 25.2 Å². The Labute approximate surface area is 131 Å². The monoisotopic (exact) mass is 299 g/mol. The summed E-state index contributed by atoms with van der Waals surface area (Å²) in [5.74, 6) is 0.444. The number of aliphatic hydroxyl groups excluding tert-OH is 1. The summed E-state index contributed by atoms with van der Waals surface area (Å²) >= 11 is 0. The molecule has 0 aliphatic heterocycles. The van der Waals surface area contributed by atoms with Crippen molar-refractivity contribution in [2.75, 3.05) is 0 Å². The Balaban J connectivity index is 4.63. The Morgan fingerprint density at radius 1 is 0.857 bits per heavy atom. The maximum absolute atomic E-state index is 10.6. The summed E-state index contributed by atoms with van der Waals surface area (Å²) in [5.41, 5.74) is 0.622. The van der Waals surface area contributed by atoms with E-state index in [9.17, 15) is 10.3 Å². The van der Waals surface area contributed by atoms with E-state index in [1.165, 1.54) is 25.7 Å². The zero-order chi connectivity index (χ0) is 16.1. The minimum absolute atomic E-state index is 0.219. The van der Waals surface area contributed by atoms with Crippen LogP contribution in [0.1, 0.15) is 91.9 Å². The molecule has 0 spiro atoms. The van der Waals surface area contributed by atoms with Crippen LogP contribution < -0.4 is 0 Å². The molecule has 0 saturated heterocycles. The summed E-state index contributed by atoms with van der Waals surface area (Å²) in [4.78, 5) is 0. The SMILES string of the molecule is CCCCCC(CC)C(=NO)C(O)C(CC)CCCCC. The molecule has 21 heavy (non-hydrogen) atoms. The number of rotatable bonds is 13. The summed E-state index contributed by atoms with van der Waals surface area (Å²) in [6.45, 7) is 8.62. The lowest BCUT2D eigenvalue weighted by Gasteiger charge is -2.27. The van der Waals surface area contributed by atoms with Gasteiger partial charge in [-0.3, -0.25) is 0 Å². The van der Waals surface area contributed by atoms with Crippen LogP contribution in [0.2, 0.25) is 0 Å². The highest BCUT2D eigenvalue weighted by atomic mass is 16.4. The van der Waals surface area contributed by atoms with Crippen molar-refractivity contribution < 1.29 is 10.3 Å². The van der Waals surface area contributed by atoms with Crippen molar-refractivity contribution in [2.45, 2.75) is 98.0 Å². The molecule has 0 rings (SSSR count). The highest BCUT2D eigenvalue weighted by Crippen LogP contribution is 2.25. The van der Waals surface area contributed by atoms with Crippen LogP contribution in [-0.4, -0.2) is 22.1 Å².